The lowest BCUT2D eigenvalue weighted by Crippen LogP contribution is -2.58. The molecule has 0 aliphatic carbocycles. The second-order valence-electron chi connectivity index (χ2n) is 5.24. The lowest BCUT2D eigenvalue weighted by Gasteiger charge is -2.28. The van der Waals surface area contributed by atoms with Gasteiger partial charge in [0.15, 0.2) is 6.20 Å². The van der Waals surface area contributed by atoms with E-state index in [1.165, 1.54) is 0 Å². The number of aliphatic imine (C=N–C) groups is 1. The lowest BCUT2D eigenvalue weighted by atomic mass is 9.99. The highest BCUT2D eigenvalue weighted by Gasteiger charge is 2.37. The Morgan fingerprint density at radius 3 is 2.82 bits per heavy atom. The molecule has 2 N–H and O–H groups in total. The molecule has 1 aromatic heterocycles. The van der Waals surface area contributed by atoms with E-state index in [0.717, 1.165) is 16.6 Å². The van der Waals surface area contributed by atoms with Crippen molar-refractivity contribution in [1.29, 1.82) is 0 Å². The van der Waals surface area contributed by atoms with E-state index in [-0.39, 0.29) is 5.91 Å². The summed E-state index contributed by atoms with van der Waals surface area (Å²) in [4.78, 5) is 27.6. The normalized spacial score (nSPS) is 23.5. The van der Waals surface area contributed by atoms with E-state index < -0.39 is 18.1 Å². The Morgan fingerprint density at radius 2 is 1.91 bits per heavy atom. The van der Waals surface area contributed by atoms with Crippen LogP contribution < -0.4 is 15.2 Å². The summed E-state index contributed by atoms with van der Waals surface area (Å²) in [7, 11) is 0. The second kappa shape index (κ2) is 4.77. The molecule has 2 unspecified atom stereocenters. The van der Waals surface area contributed by atoms with Crippen LogP contribution in [0.5, 0.6) is 0 Å². The van der Waals surface area contributed by atoms with Gasteiger partial charge < -0.3 is 5.32 Å². The van der Waals surface area contributed by atoms with Crippen molar-refractivity contribution in [1.82, 2.24) is 10.6 Å². The molecule has 6 heteroatoms. The van der Waals surface area contributed by atoms with E-state index in [1.54, 1.807) is 6.21 Å². The van der Waals surface area contributed by atoms with Gasteiger partial charge in [0.25, 0.3) is 0 Å². The van der Waals surface area contributed by atoms with Gasteiger partial charge in [0.2, 0.25) is 17.1 Å². The minimum atomic E-state index is -0.527. The Morgan fingerprint density at radius 1 is 1.09 bits per heavy atom. The van der Waals surface area contributed by atoms with Crippen molar-refractivity contribution in [3.8, 4) is 0 Å². The molecule has 108 valence electrons. The first kappa shape index (κ1) is 12.7. The quantitative estimate of drug-likeness (QED) is 0.764. The van der Waals surface area contributed by atoms with Crippen LogP contribution in [0.3, 0.4) is 0 Å². The number of aromatic nitrogens is 1. The molecule has 22 heavy (non-hydrogen) atoms. The Labute approximate surface area is 126 Å². The first-order valence-electron chi connectivity index (χ1n) is 6.98. The lowest BCUT2D eigenvalue weighted by molar-refractivity contribution is -0.546. The zero-order valence-corrected chi connectivity index (χ0v) is 11.6. The van der Waals surface area contributed by atoms with Gasteiger partial charge in [-0.25, -0.2) is 4.79 Å². The van der Waals surface area contributed by atoms with Crippen LogP contribution >= 0.6 is 0 Å². The molecular weight excluding hydrogens is 280 g/mol. The number of imide groups is 1. The van der Waals surface area contributed by atoms with Crippen molar-refractivity contribution < 1.29 is 14.2 Å². The number of benzene rings is 1. The van der Waals surface area contributed by atoms with E-state index in [1.807, 2.05) is 53.2 Å². The van der Waals surface area contributed by atoms with Crippen molar-refractivity contribution in [3.05, 3.63) is 48.7 Å². The smallest absolute Gasteiger partial charge is 0.315 e. The van der Waals surface area contributed by atoms with Crippen molar-refractivity contribution in [2.24, 2.45) is 10.9 Å². The van der Waals surface area contributed by atoms with Crippen LogP contribution in [-0.2, 0) is 4.79 Å². The van der Waals surface area contributed by atoms with Crippen LogP contribution in [0.2, 0.25) is 0 Å². The summed E-state index contributed by atoms with van der Waals surface area (Å²) in [5.74, 6) is -0.826. The maximum absolute atomic E-state index is 12.0. The van der Waals surface area contributed by atoms with Crippen LogP contribution in [0.25, 0.3) is 16.6 Å². The van der Waals surface area contributed by atoms with Gasteiger partial charge >= 0.3 is 6.03 Å². The van der Waals surface area contributed by atoms with Gasteiger partial charge in [-0.1, -0.05) is 12.1 Å². The molecule has 0 saturated carbocycles. The maximum Gasteiger partial charge on any atom is 0.323 e. The van der Waals surface area contributed by atoms with Gasteiger partial charge in [-0.15, -0.1) is 0 Å². The monoisotopic (exact) mass is 293 g/mol. The third-order valence-corrected chi connectivity index (χ3v) is 3.86. The summed E-state index contributed by atoms with van der Waals surface area (Å²) in [6.45, 7) is 0. The predicted molar refractivity (Wildman–Crippen MR) is 80.9 cm³/mol. The van der Waals surface area contributed by atoms with E-state index in [9.17, 15) is 9.59 Å². The molecule has 4 rings (SSSR count). The van der Waals surface area contributed by atoms with Gasteiger partial charge in [0, 0.05) is 23.6 Å². The molecule has 6 nitrogen and oxygen atoms in total. The van der Waals surface area contributed by atoms with Crippen LogP contribution in [-0.4, -0.2) is 24.3 Å². The number of fused-ring (bicyclic) bond motifs is 2. The Kier molecular flexibility index (Phi) is 2.75. The molecule has 0 spiro atoms. The van der Waals surface area contributed by atoms with Crippen LogP contribution in [0.4, 0.5) is 4.79 Å². The third kappa shape index (κ3) is 1.96. The van der Waals surface area contributed by atoms with Gasteiger partial charge in [-0.05, 0) is 12.1 Å². The van der Waals surface area contributed by atoms with Gasteiger partial charge in [-0.3, -0.25) is 15.1 Å². The fourth-order valence-electron chi connectivity index (χ4n) is 2.81. The second-order valence-corrected chi connectivity index (χ2v) is 5.24. The molecular formula is C16H13N4O2+. The molecule has 0 radical (unpaired) electrons. The minimum Gasteiger partial charge on any atom is -0.315 e. The molecule has 2 aliphatic heterocycles. The van der Waals surface area contributed by atoms with Crippen molar-refractivity contribution in [2.45, 2.75) is 6.17 Å². The molecule has 1 aromatic carbocycles. The summed E-state index contributed by atoms with van der Waals surface area (Å²) in [5, 5.41) is 6.01. The Bertz CT molecular complexity index is 851. The third-order valence-electron chi connectivity index (χ3n) is 3.86. The maximum atomic E-state index is 12.0. The average Bonchev–Trinajstić information content (AvgIpc) is 2.54. The predicted octanol–water partition coefficient (Wildman–Crippen LogP) is 0.834. The highest BCUT2D eigenvalue weighted by molar-refractivity contribution is 6.05. The Hall–Kier alpha value is -3.02. The van der Waals surface area contributed by atoms with Crippen LogP contribution in [0, 0.1) is 5.92 Å². The van der Waals surface area contributed by atoms with Crippen LogP contribution in [0.1, 0.15) is 0 Å². The highest BCUT2D eigenvalue weighted by Crippen LogP contribution is 2.19. The summed E-state index contributed by atoms with van der Waals surface area (Å²) < 4.78 is 1.98. The van der Waals surface area contributed by atoms with E-state index in [2.05, 4.69) is 15.6 Å². The van der Waals surface area contributed by atoms with Gasteiger partial charge in [0.1, 0.15) is 12.1 Å². The molecule has 1 saturated heterocycles. The van der Waals surface area contributed by atoms with E-state index in [0.29, 0.717) is 0 Å². The molecule has 0 bridgehead atoms. The summed E-state index contributed by atoms with van der Waals surface area (Å²) in [5.41, 5.74) is 1.84. The number of urea groups is 1. The number of dihydropyridines is 1. The zero-order chi connectivity index (χ0) is 15.1. The average molecular weight is 293 g/mol. The summed E-state index contributed by atoms with van der Waals surface area (Å²) >= 11 is 0. The fourth-order valence-corrected chi connectivity index (χ4v) is 2.81. The van der Waals surface area contributed by atoms with Gasteiger partial charge in [-0.2, -0.15) is 4.57 Å². The molecule has 2 aromatic rings. The molecule has 2 atom stereocenters. The van der Waals surface area contributed by atoms with E-state index >= 15 is 0 Å². The zero-order valence-electron chi connectivity index (χ0n) is 11.6. The van der Waals surface area contributed by atoms with Crippen LogP contribution in [0.15, 0.2) is 53.7 Å². The number of hydrogen-bond acceptors (Lipinski definition) is 3. The topological polar surface area (TPSA) is 74.4 Å². The number of amides is 3. The number of rotatable bonds is 1. The van der Waals surface area contributed by atoms with E-state index in [4.69, 9.17) is 0 Å². The standard InChI is InChI=1S/C16H12N4O2/c21-15-12-8-11(9-17-14(12)18-16(22)19-15)20-7-3-5-10-4-1-2-6-13(10)20/h1-9,12,14H,(H-,18,19,21,22)/p+1. The highest BCUT2D eigenvalue weighted by atomic mass is 16.2. The molecule has 2 aliphatic rings. The summed E-state index contributed by atoms with van der Waals surface area (Å²) in [6, 6.07) is 11.5. The number of hydrogen-bond donors (Lipinski definition) is 2. The first-order chi connectivity index (χ1) is 10.7. The number of para-hydroxylation sites is 1. The fraction of sp³-hybridized carbons (Fsp3) is 0.125. The minimum absolute atomic E-state index is 0.330. The van der Waals surface area contributed by atoms with Crippen molar-refractivity contribution >= 4 is 34.8 Å². The number of nitrogens with zero attached hydrogens (tertiary/aromatic N) is 2. The number of nitrogens with one attached hydrogen (secondary N) is 2. The number of carbonyl (C=O) groups excluding carboxylic acids is 2. The first-order valence-corrected chi connectivity index (χ1v) is 6.98. The largest absolute Gasteiger partial charge is 0.323 e. The van der Waals surface area contributed by atoms with Crippen molar-refractivity contribution in [2.75, 3.05) is 0 Å². The molecule has 3 heterocycles. The Balaban J connectivity index is 1.80. The number of allylic oxidation sites excluding steroid dienone is 1. The molecule has 1 fully saturated rings. The summed E-state index contributed by atoms with van der Waals surface area (Å²) in [6.07, 6.45) is 4.92. The number of carbonyl (C=O) groups is 2. The SMILES string of the molecule is O=C1NC(=O)C2C=C([n+]3cccc4ccccc43)C=NC2N1. The van der Waals surface area contributed by atoms with Crippen molar-refractivity contribution in [3.63, 3.8) is 0 Å². The number of pyridine rings is 1. The van der Waals surface area contributed by atoms with Gasteiger partial charge in [0.05, 0.1) is 6.21 Å². The molecule has 3 amide bonds.